The van der Waals surface area contributed by atoms with Gasteiger partial charge in [-0.25, -0.2) is 4.79 Å². The molecule has 0 atom stereocenters. The fraction of sp³-hybridized carbons (Fsp3) is 0.333. The molecule has 1 aliphatic rings. The number of H-pyrrole nitrogens is 1. The molecule has 0 radical (unpaired) electrons. The van der Waals surface area contributed by atoms with Crippen molar-refractivity contribution in [1.29, 1.82) is 0 Å². The standard InChI is InChI=1S/C21H25N3O3/c1-14(25)23-17-9-7-15(8-10-17)21(26)27-19-6-4-5-18-20(19)16(13-22-18)11-12-24(2)3/h4-7,9,13,22H,8,10-12H2,1-3H3,(H,23,25)/p+1. The Morgan fingerprint density at radius 2 is 2.04 bits per heavy atom. The molecule has 3 N–H and O–H groups in total. The largest absolute Gasteiger partial charge is 0.422 e. The van der Waals surface area contributed by atoms with Crippen molar-refractivity contribution in [1.82, 2.24) is 10.3 Å². The minimum atomic E-state index is -0.342. The molecule has 3 rings (SSSR count). The van der Waals surface area contributed by atoms with Crippen LogP contribution in [0.3, 0.4) is 0 Å². The first-order valence-corrected chi connectivity index (χ1v) is 9.21. The molecule has 0 unspecified atom stereocenters. The van der Waals surface area contributed by atoms with Gasteiger partial charge in [0.1, 0.15) is 5.75 Å². The van der Waals surface area contributed by atoms with Crippen molar-refractivity contribution in [3.63, 3.8) is 0 Å². The number of benzene rings is 1. The third kappa shape index (κ3) is 4.65. The number of carbonyl (C=O) groups is 2. The molecular weight excluding hydrogens is 342 g/mol. The highest BCUT2D eigenvalue weighted by Crippen LogP contribution is 2.30. The van der Waals surface area contributed by atoms with E-state index in [-0.39, 0.29) is 11.9 Å². The number of rotatable bonds is 6. The van der Waals surface area contributed by atoms with E-state index < -0.39 is 0 Å². The number of carbonyl (C=O) groups excluding carboxylic acids is 2. The summed E-state index contributed by atoms with van der Waals surface area (Å²) < 4.78 is 5.74. The van der Waals surface area contributed by atoms with Gasteiger partial charge in [-0.05, 0) is 36.6 Å². The molecule has 0 bridgehead atoms. The molecule has 0 saturated heterocycles. The van der Waals surface area contributed by atoms with Crippen molar-refractivity contribution in [2.24, 2.45) is 0 Å². The predicted molar refractivity (Wildman–Crippen MR) is 105 cm³/mol. The maximum absolute atomic E-state index is 12.6. The van der Waals surface area contributed by atoms with E-state index >= 15 is 0 Å². The lowest BCUT2D eigenvalue weighted by Crippen LogP contribution is -3.05. The zero-order valence-corrected chi connectivity index (χ0v) is 16.0. The van der Waals surface area contributed by atoms with Crippen molar-refractivity contribution >= 4 is 22.8 Å². The molecule has 1 aromatic carbocycles. The number of likely N-dealkylation sites (N-methyl/N-ethyl adjacent to an activating group) is 1. The Hall–Kier alpha value is -2.86. The van der Waals surface area contributed by atoms with Gasteiger partial charge in [-0.2, -0.15) is 0 Å². The fourth-order valence-electron chi connectivity index (χ4n) is 3.19. The summed E-state index contributed by atoms with van der Waals surface area (Å²) in [7, 11) is 4.24. The van der Waals surface area contributed by atoms with Crippen molar-refractivity contribution in [3.05, 3.63) is 53.4 Å². The highest BCUT2D eigenvalue weighted by molar-refractivity contribution is 5.96. The van der Waals surface area contributed by atoms with Crippen LogP contribution in [0.4, 0.5) is 0 Å². The van der Waals surface area contributed by atoms with Crippen LogP contribution in [0.5, 0.6) is 5.75 Å². The van der Waals surface area contributed by atoms with Crippen molar-refractivity contribution < 1.29 is 19.2 Å². The molecule has 0 aliphatic heterocycles. The van der Waals surface area contributed by atoms with Crippen LogP contribution in [0, 0.1) is 0 Å². The number of aromatic nitrogens is 1. The highest BCUT2D eigenvalue weighted by Gasteiger charge is 2.18. The number of ether oxygens (including phenoxy) is 1. The van der Waals surface area contributed by atoms with Crippen molar-refractivity contribution in [2.45, 2.75) is 26.2 Å². The van der Waals surface area contributed by atoms with Crippen LogP contribution in [-0.4, -0.2) is 37.5 Å². The second kappa shape index (κ2) is 8.22. The van der Waals surface area contributed by atoms with Crippen LogP contribution in [0.1, 0.15) is 25.3 Å². The van der Waals surface area contributed by atoms with E-state index in [0.717, 1.165) is 35.1 Å². The maximum atomic E-state index is 12.6. The number of hydrogen-bond acceptors (Lipinski definition) is 3. The van der Waals surface area contributed by atoms with Gasteiger partial charge in [-0.15, -0.1) is 0 Å². The van der Waals surface area contributed by atoms with Gasteiger partial charge in [0, 0.05) is 41.7 Å². The summed E-state index contributed by atoms with van der Waals surface area (Å²) in [5, 5.41) is 3.73. The number of allylic oxidation sites excluding steroid dienone is 3. The minimum absolute atomic E-state index is 0.105. The van der Waals surface area contributed by atoms with Crippen molar-refractivity contribution in [3.8, 4) is 5.75 Å². The normalized spacial score (nSPS) is 14.1. The molecule has 6 nitrogen and oxygen atoms in total. The Kier molecular flexibility index (Phi) is 5.76. The monoisotopic (exact) mass is 368 g/mol. The number of quaternary nitrogens is 1. The van der Waals surface area contributed by atoms with Gasteiger partial charge >= 0.3 is 5.97 Å². The first kappa shape index (κ1) is 18.9. The molecule has 1 aromatic heterocycles. The average Bonchev–Trinajstić information content (AvgIpc) is 3.04. The summed E-state index contributed by atoms with van der Waals surface area (Å²) >= 11 is 0. The predicted octanol–water partition coefficient (Wildman–Crippen LogP) is 1.50. The van der Waals surface area contributed by atoms with E-state index in [0.29, 0.717) is 24.2 Å². The molecule has 1 amide bonds. The number of hydrogen-bond donors (Lipinski definition) is 3. The fourth-order valence-corrected chi connectivity index (χ4v) is 3.19. The summed E-state index contributed by atoms with van der Waals surface area (Å²) in [6, 6.07) is 5.70. The lowest BCUT2D eigenvalue weighted by molar-refractivity contribution is -0.858. The summed E-state index contributed by atoms with van der Waals surface area (Å²) in [4.78, 5) is 28.4. The summed E-state index contributed by atoms with van der Waals surface area (Å²) in [5.41, 5.74) is 3.55. The van der Waals surface area contributed by atoms with Crippen LogP contribution in [0.15, 0.2) is 47.8 Å². The summed E-state index contributed by atoms with van der Waals surface area (Å²) in [6.45, 7) is 2.47. The van der Waals surface area contributed by atoms with Gasteiger partial charge in [0.05, 0.1) is 20.6 Å². The van der Waals surface area contributed by atoms with Crippen molar-refractivity contribution in [2.75, 3.05) is 20.6 Å². The smallest absolute Gasteiger partial charge is 0.339 e. The molecule has 142 valence electrons. The van der Waals surface area contributed by atoms with Crippen LogP contribution in [-0.2, 0) is 16.0 Å². The molecule has 6 heteroatoms. The Balaban J connectivity index is 1.79. The quantitative estimate of drug-likeness (QED) is 0.534. The number of esters is 1. The van der Waals surface area contributed by atoms with Gasteiger partial charge in [0.2, 0.25) is 5.91 Å². The number of amides is 1. The molecule has 27 heavy (non-hydrogen) atoms. The lowest BCUT2D eigenvalue weighted by Gasteiger charge is -2.15. The van der Waals surface area contributed by atoms with Crippen LogP contribution < -0.4 is 15.0 Å². The minimum Gasteiger partial charge on any atom is -0.422 e. The Morgan fingerprint density at radius 3 is 2.70 bits per heavy atom. The topological polar surface area (TPSA) is 75.6 Å². The maximum Gasteiger partial charge on any atom is 0.339 e. The molecule has 0 spiro atoms. The number of aromatic amines is 1. The summed E-state index contributed by atoms with van der Waals surface area (Å²) in [5.74, 6) is 0.137. The first-order valence-electron chi connectivity index (χ1n) is 9.21. The zero-order chi connectivity index (χ0) is 19.4. The molecule has 1 aliphatic carbocycles. The molecule has 0 saturated carbocycles. The summed E-state index contributed by atoms with van der Waals surface area (Å²) in [6.07, 6.45) is 7.56. The second-order valence-electron chi connectivity index (χ2n) is 7.15. The lowest BCUT2D eigenvalue weighted by atomic mass is 10.0. The third-order valence-electron chi connectivity index (χ3n) is 4.59. The van der Waals surface area contributed by atoms with Gasteiger partial charge < -0.3 is 19.9 Å². The Morgan fingerprint density at radius 1 is 1.22 bits per heavy atom. The van der Waals surface area contributed by atoms with Gasteiger partial charge in [-0.1, -0.05) is 12.1 Å². The van der Waals surface area contributed by atoms with E-state index in [9.17, 15) is 9.59 Å². The number of nitrogens with one attached hydrogen (secondary N) is 3. The van der Waals surface area contributed by atoms with Crippen LogP contribution in [0.2, 0.25) is 0 Å². The first-order chi connectivity index (χ1) is 12.9. The van der Waals surface area contributed by atoms with Crippen LogP contribution >= 0.6 is 0 Å². The Bertz CT molecular complexity index is 922. The number of fused-ring (bicyclic) bond motifs is 1. The average molecular weight is 368 g/mol. The van der Waals surface area contributed by atoms with E-state index in [1.165, 1.54) is 11.8 Å². The van der Waals surface area contributed by atoms with E-state index in [4.69, 9.17) is 4.74 Å². The molecule has 2 aromatic rings. The Labute approximate surface area is 158 Å². The van der Waals surface area contributed by atoms with E-state index in [1.807, 2.05) is 24.4 Å². The molecule has 0 fully saturated rings. The van der Waals surface area contributed by atoms with Gasteiger partial charge in [0.15, 0.2) is 0 Å². The highest BCUT2D eigenvalue weighted by atomic mass is 16.5. The zero-order valence-electron chi connectivity index (χ0n) is 16.0. The van der Waals surface area contributed by atoms with Gasteiger partial charge in [0.25, 0.3) is 0 Å². The van der Waals surface area contributed by atoms with E-state index in [1.54, 1.807) is 12.2 Å². The molecule has 1 heterocycles. The molecular formula is C21H26N3O3+. The second-order valence-corrected chi connectivity index (χ2v) is 7.15. The van der Waals surface area contributed by atoms with Gasteiger partial charge in [-0.3, -0.25) is 4.79 Å². The third-order valence-corrected chi connectivity index (χ3v) is 4.59. The van der Waals surface area contributed by atoms with Crippen LogP contribution in [0.25, 0.3) is 10.9 Å². The SMILES string of the molecule is CC(=O)NC1=CC=C(C(=O)Oc2cccc3[nH]cc(CC[NH+](C)C)c23)CC1. The van der Waals surface area contributed by atoms with E-state index in [2.05, 4.69) is 24.4 Å².